The summed E-state index contributed by atoms with van der Waals surface area (Å²) in [5.74, 6) is 0. The summed E-state index contributed by atoms with van der Waals surface area (Å²) in [5.41, 5.74) is -2.18. The van der Waals surface area contributed by atoms with E-state index in [0.717, 1.165) is 6.20 Å². The molecule has 0 unspecified atom stereocenters. The van der Waals surface area contributed by atoms with Crippen LogP contribution in [0.4, 0.5) is 13.2 Å². The molecule has 0 spiro atoms. The van der Waals surface area contributed by atoms with Gasteiger partial charge in [-0.2, -0.15) is 23.4 Å². The molecule has 0 bridgehead atoms. The molecule has 2 aromatic rings. The molecule has 5 nitrogen and oxygen atoms in total. The lowest BCUT2D eigenvalue weighted by Gasteiger charge is -2.01. The van der Waals surface area contributed by atoms with Crippen molar-refractivity contribution in [3.05, 3.63) is 22.2 Å². The molecule has 2 N–H and O–H groups in total. The highest BCUT2D eigenvalue weighted by Gasteiger charge is 2.36. The summed E-state index contributed by atoms with van der Waals surface area (Å²) in [6, 6.07) is 0. The summed E-state index contributed by atoms with van der Waals surface area (Å²) in [4.78, 5) is 11.0. The third-order valence-corrected chi connectivity index (χ3v) is 1.66. The van der Waals surface area contributed by atoms with Crippen molar-refractivity contribution in [1.82, 2.24) is 20.4 Å². The van der Waals surface area contributed by atoms with Crippen molar-refractivity contribution in [2.45, 2.75) is 6.18 Å². The van der Waals surface area contributed by atoms with Gasteiger partial charge in [0.05, 0.1) is 6.20 Å². The van der Waals surface area contributed by atoms with Crippen LogP contribution in [0.1, 0.15) is 5.69 Å². The Morgan fingerprint density at radius 3 is 2.64 bits per heavy atom. The lowest BCUT2D eigenvalue weighted by Crippen LogP contribution is -2.13. The molecule has 2 rings (SSSR count). The quantitative estimate of drug-likeness (QED) is 0.662. The van der Waals surface area contributed by atoms with Gasteiger partial charge in [0.25, 0.3) is 5.56 Å². The van der Waals surface area contributed by atoms with E-state index >= 15 is 0 Å². The van der Waals surface area contributed by atoms with Crippen molar-refractivity contribution in [2.24, 2.45) is 0 Å². The zero-order valence-corrected chi connectivity index (χ0v) is 6.51. The molecule has 0 aliphatic heterocycles. The fourth-order valence-electron chi connectivity index (χ4n) is 1.09. The Hall–Kier alpha value is -1.86. The van der Waals surface area contributed by atoms with Crippen LogP contribution in [-0.2, 0) is 6.18 Å². The van der Waals surface area contributed by atoms with E-state index in [1.54, 1.807) is 5.10 Å². The average molecular weight is 204 g/mol. The molecule has 0 saturated heterocycles. The third kappa shape index (κ3) is 1.15. The summed E-state index contributed by atoms with van der Waals surface area (Å²) in [7, 11) is 0. The van der Waals surface area contributed by atoms with Gasteiger partial charge in [0.15, 0.2) is 5.69 Å². The summed E-state index contributed by atoms with van der Waals surface area (Å²) < 4.78 is 36.9. The molecule has 0 amide bonds. The molecule has 0 radical (unpaired) electrons. The smallest absolute Gasteiger partial charge is 0.272 e. The first-order valence-electron chi connectivity index (χ1n) is 3.49. The van der Waals surface area contributed by atoms with Crippen molar-refractivity contribution >= 4 is 10.9 Å². The van der Waals surface area contributed by atoms with Gasteiger partial charge >= 0.3 is 6.18 Å². The fraction of sp³-hybridized carbons (Fsp3) is 0.167. The van der Waals surface area contributed by atoms with Crippen molar-refractivity contribution in [3.8, 4) is 0 Å². The van der Waals surface area contributed by atoms with Crippen LogP contribution in [0.3, 0.4) is 0 Å². The van der Waals surface area contributed by atoms with E-state index in [2.05, 4.69) is 10.2 Å². The fourth-order valence-corrected chi connectivity index (χ4v) is 1.09. The highest BCUT2D eigenvalue weighted by atomic mass is 19.4. The number of nitrogens with one attached hydrogen (secondary N) is 2. The number of aromatic amines is 2. The maximum Gasteiger partial charge on any atom is 0.433 e. The van der Waals surface area contributed by atoms with E-state index in [9.17, 15) is 18.0 Å². The highest BCUT2D eigenvalue weighted by Crippen LogP contribution is 2.30. The number of fused-ring (bicyclic) bond motifs is 1. The predicted molar refractivity (Wildman–Crippen MR) is 39.5 cm³/mol. The Kier molecular flexibility index (Phi) is 1.60. The van der Waals surface area contributed by atoms with Crippen molar-refractivity contribution in [1.29, 1.82) is 0 Å². The molecule has 14 heavy (non-hydrogen) atoms. The van der Waals surface area contributed by atoms with Gasteiger partial charge in [-0.15, -0.1) is 0 Å². The van der Waals surface area contributed by atoms with E-state index in [0.29, 0.717) is 0 Å². The van der Waals surface area contributed by atoms with Crippen LogP contribution in [0.25, 0.3) is 10.9 Å². The zero-order valence-electron chi connectivity index (χ0n) is 6.51. The molecular formula is C6H3F3N4O. The first-order chi connectivity index (χ1) is 6.50. The number of halogens is 3. The number of hydrogen-bond acceptors (Lipinski definition) is 3. The Balaban J connectivity index is 2.87. The van der Waals surface area contributed by atoms with Crippen LogP contribution in [0.2, 0.25) is 0 Å². The highest BCUT2D eigenvalue weighted by molar-refractivity contribution is 5.79. The van der Waals surface area contributed by atoms with Gasteiger partial charge in [0.2, 0.25) is 0 Å². The molecule has 0 aliphatic rings. The minimum Gasteiger partial charge on any atom is -0.272 e. The minimum absolute atomic E-state index is 0.110. The van der Waals surface area contributed by atoms with Crippen molar-refractivity contribution in [2.75, 3.05) is 0 Å². The second-order valence-electron chi connectivity index (χ2n) is 2.56. The number of aromatic nitrogens is 4. The largest absolute Gasteiger partial charge is 0.433 e. The monoisotopic (exact) mass is 204 g/mol. The molecule has 8 heteroatoms. The Bertz CT molecular complexity index is 526. The molecule has 0 aliphatic carbocycles. The number of nitrogens with zero attached hydrogens (tertiary/aromatic N) is 2. The summed E-state index contributed by atoms with van der Waals surface area (Å²) in [6.45, 7) is 0. The Morgan fingerprint density at radius 2 is 2.00 bits per heavy atom. The van der Waals surface area contributed by atoms with Crippen LogP contribution in [0.15, 0.2) is 11.0 Å². The van der Waals surface area contributed by atoms with Crippen LogP contribution < -0.4 is 5.56 Å². The van der Waals surface area contributed by atoms with Gasteiger partial charge in [-0.25, -0.2) is 5.10 Å². The van der Waals surface area contributed by atoms with Crippen LogP contribution in [0.5, 0.6) is 0 Å². The SMILES string of the molecule is O=c1[nH]ncc2n[nH]c(C(F)(F)F)c12. The van der Waals surface area contributed by atoms with E-state index in [-0.39, 0.29) is 5.52 Å². The van der Waals surface area contributed by atoms with E-state index in [1.807, 2.05) is 5.10 Å². The molecule has 0 atom stereocenters. The van der Waals surface area contributed by atoms with Crippen molar-refractivity contribution in [3.63, 3.8) is 0 Å². The van der Waals surface area contributed by atoms with Gasteiger partial charge in [-0.1, -0.05) is 0 Å². The molecular weight excluding hydrogens is 201 g/mol. The number of rotatable bonds is 0. The first kappa shape index (κ1) is 8.73. The minimum atomic E-state index is -4.62. The average Bonchev–Trinajstić information content (AvgIpc) is 2.47. The Labute approximate surface area is 73.9 Å². The predicted octanol–water partition coefficient (Wildman–Crippen LogP) is 0.665. The maximum atomic E-state index is 12.3. The van der Waals surface area contributed by atoms with Gasteiger partial charge in [0.1, 0.15) is 10.9 Å². The van der Waals surface area contributed by atoms with Crippen LogP contribution >= 0.6 is 0 Å². The van der Waals surface area contributed by atoms with E-state index in [1.165, 1.54) is 0 Å². The van der Waals surface area contributed by atoms with Gasteiger partial charge < -0.3 is 0 Å². The Morgan fingerprint density at radius 1 is 1.29 bits per heavy atom. The molecule has 0 fully saturated rings. The lowest BCUT2D eigenvalue weighted by atomic mass is 10.3. The van der Waals surface area contributed by atoms with Crippen molar-refractivity contribution < 1.29 is 13.2 Å². The molecule has 0 aromatic carbocycles. The van der Waals surface area contributed by atoms with Gasteiger partial charge in [-0.3, -0.25) is 9.89 Å². The maximum absolute atomic E-state index is 12.3. The normalized spacial score (nSPS) is 12.2. The summed E-state index contributed by atoms with van der Waals surface area (Å²) in [6.07, 6.45) is -3.58. The van der Waals surface area contributed by atoms with Gasteiger partial charge in [0, 0.05) is 0 Å². The number of H-pyrrole nitrogens is 2. The second-order valence-corrected chi connectivity index (χ2v) is 2.56. The number of hydrogen-bond donors (Lipinski definition) is 2. The van der Waals surface area contributed by atoms with Crippen LogP contribution in [-0.4, -0.2) is 20.4 Å². The van der Waals surface area contributed by atoms with Crippen LogP contribution in [0, 0.1) is 0 Å². The van der Waals surface area contributed by atoms with E-state index < -0.39 is 22.8 Å². The topological polar surface area (TPSA) is 74.4 Å². The summed E-state index contributed by atoms with van der Waals surface area (Å²) >= 11 is 0. The molecule has 2 heterocycles. The molecule has 74 valence electrons. The molecule has 2 aromatic heterocycles. The molecule has 0 saturated carbocycles. The standard InChI is InChI=1S/C6H3F3N4O/c7-6(8,9)4-3-2(11-12-4)1-10-13-5(3)14/h1H,(H,11,12)(H,13,14). The number of alkyl halides is 3. The zero-order chi connectivity index (χ0) is 10.3. The lowest BCUT2D eigenvalue weighted by molar-refractivity contribution is -0.140. The van der Waals surface area contributed by atoms with E-state index in [4.69, 9.17) is 0 Å². The summed E-state index contributed by atoms with van der Waals surface area (Å²) in [5, 5.41) is 9.78. The first-order valence-corrected chi connectivity index (χ1v) is 3.49. The second kappa shape index (κ2) is 2.56. The third-order valence-electron chi connectivity index (χ3n) is 1.66. The van der Waals surface area contributed by atoms with Gasteiger partial charge in [-0.05, 0) is 0 Å².